The van der Waals surface area contributed by atoms with Gasteiger partial charge in [-0.3, -0.25) is 4.79 Å². The SMILES string of the molecule is CCC(CC)[C@@H]1C[C@H](c2ccccc2)CCN1C(=O)[C@@H]1CNC[C@]12CN(C(=O)OC)Cc1nc(NC)sc12. The summed E-state index contributed by atoms with van der Waals surface area (Å²) in [6.45, 7) is 7.38. The molecule has 5 rings (SSSR count). The predicted octanol–water partition coefficient (Wildman–Crippen LogP) is 4.44. The molecule has 206 valence electrons. The second-order valence-electron chi connectivity index (χ2n) is 11.0. The van der Waals surface area contributed by atoms with Crippen LogP contribution in [0.1, 0.15) is 61.6 Å². The van der Waals surface area contributed by atoms with Crippen molar-refractivity contribution >= 4 is 28.5 Å². The number of carbonyl (C=O) groups is 2. The van der Waals surface area contributed by atoms with Gasteiger partial charge < -0.3 is 25.2 Å². The number of hydrogen-bond donors (Lipinski definition) is 2. The monoisotopic (exact) mass is 539 g/mol. The fraction of sp³-hybridized carbons (Fsp3) is 0.621. The highest BCUT2D eigenvalue weighted by Crippen LogP contribution is 2.47. The van der Waals surface area contributed by atoms with Gasteiger partial charge in [0.2, 0.25) is 5.91 Å². The van der Waals surface area contributed by atoms with Gasteiger partial charge in [0, 0.05) is 49.6 Å². The van der Waals surface area contributed by atoms with Crippen LogP contribution >= 0.6 is 11.3 Å². The molecule has 2 saturated heterocycles. The standard InChI is InChI=1S/C29H41N5O3S/c1-5-19(6-2)24-14-21(20-10-8-7-9-11-20)12-13-34(24)26(35)22-15-31-17-29(22)18-33(28(36)37-4)16-23-25(29)38-27(30-3)32-23/h7-11,19,21-22,24,31H,5-6,12-18H2,1-4H3,(H,30,32)/t21-,22+,24+,29+/m1/s1. The van der Waals surface area contributed by atoms with Gasteiger partial charge in [0.15, 0.2) is 5.13 Å². The number of rotatable bonds is 6. The first-order valence-electron chi connectivity index (χ1n) is 14.0. The van der Waals surface area contributed by atoms with E-state index in [2.05, 4.69) is 59.7 Å². The third-order valence-electron chi connectivity index (χ3n) is 9.16. The lowest BCUT2D eigenvalue weighted by atomic mass is 9.72. The third kappa shape index (κ3) is 4.68. The lowest BCUT2D eigenvalue weighted by Gasteiger charge is -2.47. The van der Waals surface area contributed by atoms with E-state index in [-0.39, 0.29) is 24.0 Å². The number of thiazole rings is 1. The Morgan fingerprint density at radius 2 is 2.03 bits per heavy atom. The Balaban J connectivity index is 1.48. The highest BCUT2D eigenvalue weighted by Gasteiger charge is 2.56. The summed E-state index contributed by atoms with van der Waals surface area (Å²) >= 11 is 1.62. The van der Waals surface area contributed by atoms with Crippen LogP contribution in [0.2, 0.25) is 0 Å². The summed E-state index contributed by atoms with van der Waals surface area (Å²) < 4.78 is 5.12. The summed E-state index contributed by atoms with van der Waals surface area (Å²) in [4.78, 5) is 37.2. The number of piperidine rings is 1. The molecule has 4 atom stereocenters. The van der Waals surface area contributed by atoms with E-state index in [0.29, 0.717) is 38.0 Å². The van der Waals surface area contributed by atoms with E-state index in [9.17, 15) is 9.59 Å². The Kier molecular flexibility index (Phi) is 7.95. The summed E-state index contributed by atoms with van der Waals surface area (Å²) in [6.07, 6.45) is 3.72. The first kappa shape index (κ1) is 26.9. The summed E-state index contributed by atoms with van der Waals surface area (Å²) in [5.41, 5.74) is 1.74. The fourth-order valence-electron chi connectivity index (χ4n) is 7.13. The van der Waals surface area contributed by atoms with Gasteiger partial charge in [0.1, 0.15) is 0 Å². The van der Waals surface area contributed by atoms with Gasteiger partial charge in [-0.05, 0) is 30.2 Å². The molecular formula is C29H41N5O3S. The Hall–Kier alpha value is -2.65. The van der Waals surface area contributed by atoms with Crippen molar-refractivity contribution in [3.05, 3.63) is 46.5 Å². The minimum absolute atomic E-state index is 0.211. The molecule has 4 heterocycles. The van der Waals surface area contributed by atoms with Crippen molar-refractivity contribution in [3.8, 4) is 0 Å². The second kappa shape index (κ2) is 11.2. The number of nitrogens with one attached hydrogen (secondary N) is 2. The van der Waals surface area contributed by atoms with Crippen molar-refractivity contribution in [2.24, 2.45) is 11.8 Å². The molecule has 1 spiro atoms. The molecule has 3 aliphatic heterocycles. The minimum atomic E-state index is -0.514. The molecule has 8 nitrogen and oxygen atoms in total. The van der Waals surface area contributed by atoms with Gasteiger partial charge in [-0.1, -0.05) is 57.0 Å². The number of anilines is 1. The number of nitrogens with zero attached hydrogens (tertiary/aromatic N) is 3. The van der Waals surface area contributed by atoms with Crippen LogP contribution in [0.25, 0.3) is 0 Å². The summed E-state index contributed by atoms with van der Waals surface area (Å²) in [6, 6.07) is 11.0. The molecule has 1 aromatic carbocycles. The quantitative estimate of drug-likeness (QED) is 0.565. The van der Waals surface area contributed by atoms with E-state index >= 15 is 0 Å². The number of likely N-dealkylation sites (tertiary alicyclic amines) is 1. The molecule has 0 radical (unpaired) electrons. The summed E-state index contributed by atoms with van der Waals surface area (Å²) in [5, 5.41) is 7.53. The number of amides is 2. The number of benzene rings is 1. The van der Waals surface area contributed by atoms with Crippen LogP contribution < -0.4 is 10.6 Å². The largest absolute Gasteiger partial charge is 0.453 e. The van der Waals surface area contributed by atoms with E-state index in [1.807, 2.05) is 7.05 Å². The average Bonchev–Trinajstić information content (AvgIpc) is 3.58. The molecule has 0 bridgehead atoms. The van der Waals surface area contributed by atoms with Crippen LogP contribution in [0, 0.1) is 11.8 Å². The first-order chi connectivity index (χ1) is 18.4. The molecule has 38 heavy (non-hydrogen) atoms. The minimum Gasteiger partial charge on any atom is -0.453 e. The first-order valence-corrected chi connectivity index (χ1v) is 14.8. The van der Waals surface area contributed by atoms with E-state index in [0.717, 1.165) is 47.9 Å². The number of hydrogen-bond acceptors (Lipinski definition) is 7. The Morgan fingerprint density at radius 3 is 2.71 bits per heavy atom. The van der Waals surface area contributed by atoms with E-state index in [4.69, 9.17) is 9.72 Å². The van der Waals surface area contributed by atoms with Crippen molar-refractivity contribution in [3.63, 3.8) is 0 Å². The van der Waals surface area contributed by atoms with Crippen LogP contribution in [0.15, 0.2) is 30.3 Å². The van der Waals surface area contributed by atoms with Crippen LogP contribution in [-0.2, 0) is 21.5 Å². The van der Waals surface area contributed by atoms with Crippen molar-refractivity contribution in [1.82, 2.24) is 20.1 Å². The second-order valence-corrected chi connectivity index (χ2v) is 12.0. The lowest BCUT2D eigenvalue weighted by molar-refractivity contribution is -0.142. The topological polar surface area (TPSA) is 86.8 Å². The van der Waals surface area contributed by atoms with Crippen molar-refractivity contribution < 1.29 is 14.3 Å². The normalized spacial score (nSPS) is 27.0. The Morgan fingerprint density at radius 1 is 1.26 bits per heavy atom. The lowest BCUT2D eigenvalue weighted by Crippen LogP contribution is -2.58. The molecule has 2 aromatic rings. The fourth-order valence-corrected chi connectivity index (χ4v) is 8.29. The zero-order valence-electron chi connectivity index (χ0n) is 23.0. The highest BCUT2D eigenvalue weighted by molar-refractivity contribution is 7.15. The maximum absolute atomic E-state index is 14.6. The molecule has 2 fully saturated rings. The third-order valence-corrected chi connectivity index (χ3v) is 10.5. The number of aromatic nitrogens is 1. The van der Waals surface area contributed by atoms with Crippen LogP contribution in [0.5, 0.6) is 0 Å². The zero-order chi connectivity index (χ0) is 26.9. The molecule has 0 aliphatic carbocycles. The average molecular weight is 540 g/mol. The van der Waals surface area contributed by atoms with Crippen LogP contribution in [-0.4, -0.2) is 73.2 Å². The summed E-state index contributed by atoms with van der Waals surface area (Å²) in [7, 11) is 3.28. The summed E-state index contributed by atoms with van der Waals surface area (Å²) in [5.74, 6) is 0.889. The molecule has 3 aliphatic rings. The van der Waals surface area contributed by atoms with Gasteiger partial charge >= 0.3 is 6.09 Å². The number of methoxy groups -OCH3 is 1. The predicted molar refractivity (Wildman–Crippen MR) is 151 cm³/mol. The van der Waals surface area contributed by atoms with E-state index in [1.165, 1.54) is 12.7 Å². The molecular weight excluding hydrogens is 498 g/mol. The van der Waals surface area contributed by atoms with Gasteiger partial charge in [0.25, 0.3) is 0 Å². The van der Waals surface area contributed by atoms with E-state index < -0.39 is 5.41 Å². The molecule has 2 amide bonds. The van der Waals surface area contributed by atoms with Crippen molar-refractivity contribution in [2.45, 2.75) is 63.5 Å². The number of fused-ring (bicyclic) bond motifs is 2. The molecule has 9 heteroatoms. The Labute approximate surface area is 230 Å². The van der Waals surface area contributed by atoms with Gasteiger partial charge in [-0.15, -0.1) is 11.3 Å². The van der Waals surface area contributed by atoms with Crippen LogP contribution in [0.4, 0.5) is 9.93 Å². The van der Waals surface area contributed by atoms with Crippen molar-refractivity contribution in [1.29, 1.82) is 0 Å². The Bertz CT molecular complexity index is 1140. The number of carbonyl (C=O) groups excluding carboxylic acids is 2. The molecule has 0 saturated carbocycles. The van der Waals surface area contributed by atoms with Gasteiger partial charge in [-0.25, -0.2) is 9.78 Å². The molecule has 1 aromatic heterocycles. The highest BCUT2D eigenvalue weighted by atomic mass is 32.1. The number of ether oxygens (including phenoxy) is 1. The molecule has 2 N–H and O–H groups in total. The maximum atomic E-state index is 14.6. The maximum Gasteiger partial charge on any atom is 0.409 e. The van der Waals surface area contributed by atoms with Crippen LogP contribution in [0.3, 0.4) is 0 Å². The smallest absolute Gasteiger partial charge is 0.409 e. The zero-order valence-corrected chi connectivity index (χ0v) is 23.9. The van der Waals surface area contributed by atoms with E-state index in [1.54, 1.807) is 16.2 Å². The van der Waals surface area contributed by atoms with Gasteiger partial charge in [-0.2, -0.15) is 0 Å². The van der Waals surface area contributed by atoms with Crippen molar-refractivity contribution in [2.75, 3.05) is 45.7 Å². The molecule has 0 unspecified atom stereocenters. The van der Waals surface area contributed by atoms with Gasteiger partial charge in [0.05, 0.1) is 25.3 Å².